The minimum atomic E-state index is -0.163. The van der Waals surface area contributed by atoms with Gasteiger partial charge in [0.05, 0.1) is 6.54 Å². The molecule has 1 aromatic heterocycles. The van der Waals surface area contributed by atoms with Crippen molar-refractivity contribution in [2.75, 3.05) is 0 Å². The monoisotopic (exact) mass is 274 g/mol. The summed E-state index contributed by atoms with van der Waals surface area (Å²) in [4.78, 5) is 3.94. The summed E-state index contributed by atoms with van der Waals surface area (Å²) in [7, 11) is 0. The predicted molar refractivity (Wildman–Crippen MR) is 74.8 cm³/mol. The molecule has 0 saturated heterocycles. The van der Waals surface area contributed by atoms with Crippen molar-refractivity contribution < 1.29 is 4.39 Å². The van der Waals surface area contributed by atoms with E-state index in [-0.39, 0.29) is 5.82 Å². The van der Waals surface area contributed by atoms with E-state index in [9.17, 15) is 4.39 Å². The number of hydrogen-bond acceptors (Lipinski definition) is 3. The fraction of sp³-hybridized carbons (Fsp3) is 0.467. The predicted octanol–water partition coefficient (Wildman–Crippen LogP) is 2.34. The van der Waals surface area contributed by atoms with Gasteiger partial charge in [0.2, 0.25) is 0 Å². The first kappa shape index (κ1) is 13.2. The van der Waals surface area contributed by atoms with Gasteiger partial charge in [-0.05, 0) is 43.4 Å². The van der Waals surface area contributed by atoms with E-state index in [1.807, 2.05) is 16.8 Å². The first-order valence-electron chi connectivity index (χ1n) is 7.04. The van der Waals surface area contributed by atoms with E-state index < -0.39 is 0 Å². The first-order valence-corrected chi connectivity index (χ1v) is 7.04. The highest BCUT2D eigenvalue weighted by Gasteiger charge is 2.30. The number of benzene rings is 1. The zero-order valence-electron chi connectivity index (χ0n) is 11.5. The van der Waals surface area contributed by atoms with Crippen LogP contribution in [0, 0.1) is 5.82 Å². The lowest BCUT2D eigenvalue weighted by Crippen LogP contribution is -2.45. The topological polar surface area (TPSA) is 42.7 Å². The second-order valence-corrected chi connectivity index (χ2v) is 5.60. The molecule has 2 aromatic rings. The molecular weight excluding hydrogens is 255 g/mol. The van der Waals surface area contributed by atoms with Gasteiger partial charge >= 0.3 is 0 Å². The lowest BCUT2D eigenvalue weighted by molar-refractivity contribution is 0.258. The average molecular weight is 274 g/mol. The Labute approximate surface area is 118 Å². The lowest BCUT2D eigenvalue weighted by atomic mass is 9.75. The van der Waals surface area contributed by atoms with Crippen molar-refractivity contribution in [3.8, 4) is 0 Å². The van der Waals surface area contributed by atoms with Crippen molar-refractivity contribution in [1.82, 2.24) is 20.1 Å². The maximum atomic E-state index is 12.9. The van der Waals surface area contributed by atoms with Gasteiger partial charge in [0, 0.05) is 12.1 Å². The van der Waals surface area contributed by atoms with Crippen LogP contribution in [0.15, 0.2) is 36.9 Å². The highest BCUT2D eigenvalue weighted by atomic mass is 19.1. The molecule has 0 unspecified atom stereocenters. The van der Waals surface area contributed by atoms with Gasteiger partial charge in [0.1, 0.15) is 18.5 Å². The summed E-state index contributed by atoms with van der Waals surface area (Å²) < 4.78 is 14.7. The van der Waals surface area contributed by atoms with Gasteiger partial charge in [0.25, 0.3) is 0 Å². The van der Waals surface area contributed by atoms with Crippen LogP contribution in [0.3, 0.4) is 0 Å². The fourth-order valence-electron chi connectivity index (χ4n) is 2.82. The minimum absolute atomic E-state index is 0.163. The van der Waals surface area contributed by atoms with Crippen LogP contribution in [0.5, 0.6) is 0 Å². The summed E-state index contributed by atoms with van der Waals surface area (Å²) in [6, 6.07) is 7.80. The summed E-state index contributed by atoms with van der Waals surface area (Å²) in [6.45, 7) is 2.99. The molecule has 0 aliphatic heterocycles. The van der Waals surface area contributed by atoms with E-state index >= 15 is 0 Å². The molecule has 1 aromatic carbocycles. The first-order chi connectivity index (χ1) is 9.70. The largest absolute Gasteiger partial charge is 0.310 e. The van der Waals surface area contributed by atoms with Crippen LogP contribution < -0.4 is 5.32 Å². The van der Waals surface area contributed by atoms with E-state index in [0.717, 1.165) is 19.4 Å². The third-order valence-corrected chi connectivity index (χ3v) is 3.93. The summed E-state index contributed by atoms with van der Waals surface area (Å²) in [5, 5.41) is 7.71. The zero-order chi connectivity index (χ0) is 13.9. The second-order valence-electron chi connectivity index (χ2n) is 5.60. The molecule has 1 N–H and O–H groups in total. The van der Waals surface area contributed by atoms with Crippen LogP contribution in [0.4, 0.5) is 4.39 Å². The molecule has 5 heteroatoms. The standard InChI is InChI=1S/C15H19FN4/c1-11(8-20-10-17-9-18-20)19-15-6-13(7-15)12-2-4-14(16)5-3-12/h2-5,9-11,13,15,19H,6-8H2,1H3/t11-,13?,15?/m0/s1. The van der Waals surface area contributed by atoms with Gasteiger partial charge in [-0.3, -0.25) is 4.68 Å². The van der Waals surface area contributed by atoms with Crippen LogP contribution in [-0.2, 0) is 6.54 Å². The second kappa shape index (κ2) is 5.71. The molecular formula is C15H19FN4. The van der Waals surface area contributed by atoms with E-state index in [4.69, 9.17) is 0 Å². The molecule has 0 bridgehead atoms. The van der Waals surface area contributed by atoms with Crippen molar-refractivity contribution in [3.63, 3.8) is 0 Å². The average Bonchev–Trinajstić information content (AvgIpc) is 2.87. The van der Waals surface area contributed by atoms with E-state index in [1.165, 1.54) is 5.56 Å². The van der Waals surface area contributed by atoms with Crippen LogP contribution in [-0.4, -0.2) is 26.8 Å². The van der Waals surface area contributed by atoms with Crippen molar-refractivity contribution in [2.24, 2.45) is 0 Å². The zero-order valence-corrected chi connectivity index (χ0v) is 11.5. The maximum Gasteiger partial charge on any atom is 0.137 e. The minimum Gasteiger partial charge on any atom is -0.310 e. The Hall–Kier alpha value is -1.75. The summed E-state index contributed by atoms with van der Waals surface area (Å²) >= 11 is 0. The molecule has 0 amide bonds. The Balaban J connectivity index is 1.45. The molecule has 1 aliphatic rings. The van der Waals surface area contributed by atoms with Gasteiger partial charge in [-0.1, -0.05) is 12.1 Å². The smallest absolute Gasteiger partial charge is 0.137 e. The van der Waals surface area contributed by atoms with Crippen molar-refractivity contribution in [1.29, 1.82) is 0 Å². The molecule has 1 aliphatic carbocycles. The Kier molecular flexibility index (Phi) is 3.78. The number of hydrogen-bond donors (Lipinski definition) is 1. The number of aromatic nitrogens is 3. The molecule has 1 atom stereocenters. The highest BCUT2D eigenvalue weighted by molar-refractivity contribution is 5.23. The molecule has 0 radical (unpaired) electrons. The van der Waals surface area contributed by atoms with Gasteiger partial charge in [-0.2, -0.15) is 5.10 Å². The number of nitrogens with one attached hydrogen (secondary N) is 1. The number of halogens is 1. The maximum absolute atomic E-state index is 12.9. The van der Waals surface area contributed by atoms with Crippen LogP contribution in [0.2, 0.25) is 0 Å². The Morgan fingerprint density at radius 2 is 2.10 bits per heavy atom. The Morgan fingerprint density at radius 3 is 2.75 bits per heavy atom. The van der Waals surface area contributed by atoms with Gasteiger partial charge < -0.3 is 5.32 Å². The van der Waals surface area contributed by atoms with Crippen LogP contribution in [0.1, 0.15) is 31.2 Å². The van der Waals surface area contributed by atoms with E-state index in [1.54, 1.807) is 24.8 Å². The third kappa shape index (κ3) is 3.04. The van der Waals surface area contributed by atoms with Gasteiger partial charge in [-0.25, -0.2) is 9.37 Å². The summed E-state index contributed by atoms with van der Waals surface area (Å²) in [6.07, 6.45) is 5.53. The van der Waals surface area contributed by atoms with E-state index in [2.05, 4.69) is 22.3 Å². The molecule has 4 nitrogen and oxygen atoms in total. The molecule has 3 rings (SSSR count). The van der Waals surface area contributed by atoms with Crippen molar-refractivity contribution in [2.45, 2.75) is 44.3 Å². The Morgan fingerprint density at radius 1 is 1.35 bits per heavy atom. The molecule has 1 fully saturated rings. The lowest BCUT2D eigenvalue weighted by Gasteiger charge is -2.38. The Bertz CT molecular complexity index is 532. The molecule has 1 saturated carbocycles. The number of nitrogens with zero attached hydrogens (tertiary/aromatic N) is 3. The van der Waals surface area contributed by atoms with Crippen molar-refractivity contribution in [3.05, 3.63) is 48.3 Å². The molecule has 20 heavy (non-hydrogen) atoms. The number of rotatable bonds is 5. The van der Waals surface area contributed by atoms with Crippen LogP contribution >= 0.6 is 0 Å². The molecule has 106 valence electrons. The highest BCUT2D eigenvalue weighted by Crippen LogP contribution is 2.37. The molecule has 1 heterocycles. The van der Waals surface area contributed by atoms with Crippen molar-refractivity contribution >= 4 is 0 Å². The normalized spacial score (nSPS) is 23.3. The van der Waals surface area contributed by atoms with E-state index in [0.29, 0.717) is 18.0 Å². The quantitative estimate of drug-likeness (QED) is 0.910. The van der Waals surface area contributed by atoms with Gasteiger partial charge in [-0.15, -0.1) is 0 Å². The third-order valence-electron chi connectivity index (χ3n) is 3.93. The summed E-state index contributed by atoms with van der Waals surface area (Å²) in [5.41, 5.74) is 1.24. The fourth-order valence-corrected chi connectivity index (χ4v) is 2.82. The van der Waals surface area contributed by atoms with Gasteiger partial charge in [0.15, 0.2) is 0 Å². The SMILES string of the molecule is C[C@@H](Cn1cncn1)NC1CC(c2ccc(F)cc2)C1. The summed E-state index contributed by atoms with van der Waals surface area (Å²) in [5.74, 6) is 0.399. The molecule has 0 spiro atoms. The van der Waals surface area contributed by atoms with Crippen LogP contribution in [0.25, 0.3) is 0 Å².